The van der Waals surface area contributed by atoms with E-state index in [0.717, 1.165) is 18.7 Å². The molecular formula is C13H12BrFN4O. The summed E-state index contributed by atoms with van der Waals surface area (Å²) in [7, 11) is 0. The van der Waals surface area contributed by atoms with Crippen molar-refractivity contribution >= 4 is 27.5 Å². The van der Waals surface area contributed by atoms with Gasteiger partial charge < -0.3 is 5.32 Å². The van der Waals surface area contributed by atoms with Crippen LogP contribution in [0.15, 0.2) is 29.0 Å². The molecule has 0 spiro atoms. The maximum absolute atomic E-state index is 13.4. The third-order valence-corrected chi connectivity index (χ3v) is 3.95. The summed E-state index contributed by atoms with van der Waals surface area (Å²) in [5.41, 5.74) is 0.433. The highest BCUT2D eigenvalue weighted by atomic mass is 79.9. The van der Waals surface area contributed by atoms with Crippen LogP contribution in [0.4, 0.5) is 10.1 Å². The number of fused-ring (bicyclic) bond motifs is 1. The third kappa shape index (κ3) is 2.45. The topological polar surface area (TPSA) is 59.8 Å². The van der Waals surface area contributed by atoms with Gasteiger partial charge in [-0.1, -0.05) is 0 Å². The van der Waals surface area contributed by atoms with E-state index < -0.39 is 5.82 Å². The standard InChI is InChI=1S/C13H12BrFN4O/c14-9-5-4-8(6-10(9)15)18-13(20)11-2-1-3-12-16-7-17-19(11)12/h4-7,11H,1-3H2,(H,18,20). The van der Waals surface area contributed by atoms with Crippen LogP contribution in [0.3, 0.4) is 0 Å². The number of halogens is 2. The second kappa shape index (κ2) is 5.32. The van der Waals surface area contributed by atoms with Crippen molar-refractivity contribution in [2.75, 3.05) is 5.32 Å². The number of hydrogen-bond donors (Lipinski definition) is 1. The van der Waals surface area contributed by atoms with Crippen LogP contribution >= 0.6 is 15.9 Å². The zero-order valence-corrected chi connectivity index (χ0v) is 12.1. The van der Waals surface area contributed by atoms with Gasteiger partial charge >= 0.3 is 0 Å². The van der Waals surface area contributed by atoms with Gasteiger partial charge in [-0.05, 0) is 47.0 Å². The molecule has 0 saturated carbocycles. The first-order valence-corrected chi connectivity index (χ1v) is 7.09. The van der Waals surface area contributed by atoms with Gasteiger partial charge in [0, 0.05) is 12.1 Å². The summed E-state index contributed by atoms with van der Waals surface area (Å²) in [6.45, 7) is 0. The summed E-state index contributed by atoms with van der Waals surface area (Å²) >= 11 is 3.08. The van der Waals surface area contributed by atoms with E-state index in [1.165, 1.54) is 12.4 Å². The average Bonchev–Trinajstić information content (AvgIpc) is 2.91. The third-order valence-electron chi connectivity index (χ3n) is 3.31. The Labute approximate surface area is 123 Å². The van der Waals surface area contributed by atoms with Gasteiger partial charge in [0.25, 0.3) is 0 Å². The Bertz CT molecular complexity index is 658. The van der Waals surface area contributed by atoms with Crippen molar-refractivity contribution in [3.63, 3.8) is 0 Å². The number of anilines is 1. The van der Waals surface area contributed by atoms with E-state index in [1.54, 1.807) is 16.8 Å². The molecular weight excluding hydrogens is 327 g/mol. The van der Waals surface area contributed by atoms with Gasteiger partial charge in [-0.2, -0.15) is 5.10 Å². The van der Waals surface area contributed by atoms with Crippen molar-refractivity contribution < 1.29 is 9.18 Å². The Morgan fingerprint density at radius 3 is 3.15 bits per heavy atom. The van der Waals surface area contributed by atoms with Gasteiger partial charge in [0.05, 0.1) is 4.47 Å². The highest BCUT2D eigenvalue weighted by Crippen LogP contribution is 2.25. The van der Waals surface area contributed by atoms with Gasteiger partial charge in [-0.3, -0.25) is 4.79 Å². The van der Waals surface area contributed by atoms with Crippen molar-refractivity contribution in [1.29, 1.82) is 0 Å². The molecule has 1 aromatic heterocycles. The fraction of sp³-hybridized carbons (Fsp3) is 0.308. The number of aromatic nitrogens is 3. The number of rotatable bonds is 2. The molecule has 0 aliphatic carbocycles. The van der Waals surface area contributed by atoms with E-state index in [-0.39, 0.29) is 11.9 Å². The van der Waals surface area contributed by atoms with Gasteiger partial charge in [0.1, 0.15) is 24.0 Å². The van der Waals surface area contributed by atoms with E-state index in [2.05, 4.69) is 31.3 Å². The van der Waals surface area contributed by atoms with E-state index in [9.17, 15) is 9.18 Å². The van der Waals surface area contributed by atoms with Crippen LogP contribution < -0.4 is 5.32 Å². The lowest BCUT2D eigenvalue weighted by Crippen LogP contribution is -2.30. The maximum atomic E-state index is 13.4. The summed E-state index contributed by atoms with van der Waals surface area (Å²) in [5.74, 6) is 0.212. The highest BCUT2D eigenvalue weighted by Gasteiger charge is 2.27. The number of aryl methyl sites for hydroxylation is 1. The maximum Gasteiger partial charge on any atom is 0.249 e. The Hall–Kier alpha value is -1.76. The molecule has 0 radical (unpaired) electrons. The molecule has 5 nitrogen and oxygen atoms in total. The fourth-order valence-corrected chi connectivity index (χ4v) is 2.58. The Morgan fingerprint density at radius 2 is 2.35 bits per heavy atom. The Balaban J connectivity index is 1.79. The summed E-state index contributed by atoms with van der Waals surface area (Å²) in [4.78, 5) is 16.4. The molecule has 1 aliphatic heterocycles. The van der Waals surface area contributed by atoms with Crippen LogP contribution in [0.2, 0.25) is 0 Å². The molecule has 0 fully saturated rings. The predicted octanol–water partition coefficient (Wildman–Crippen LogP) is 2.70. The van der Waals surface area contributed by atoms with E-state index >= 15 is 0 Å². The smallest absolute Gasteiger partial charge is 0.249 e. The molecule has 7 heteroatoms. The molecule has 1 amide bonds. The first-order chi connectivity index (χ1) is 9.65. The Morgan fingerprint density at radius 1 is 1.50 bits per heavy atom. The number of carbonyl (C=O) groups excluding carboxylic acids is 1. The minimum Gasteiger partial charge on any atom is -0.324 e. The SMILES string of the molecule is O=C(Nc1ccc(Br)c(F)c1)C1CCCc2ncnn21. The zero-order chi connectivity index (χ0) is 14.1. The zero-order valence-electron chi connectivity index (χ0n) is 10.5. The fourth-order valence-electron chi connectivity index (χ4n) is 2.33. The molecule has 1 atom stereocenters. The summed E-state index contributed by atoms with van der Waals surface area (Å²) < 4.78 is 15.4. The largest absolute Gasteiger partial charge is 0.324 e. The van der Waals surface area contributed by atoms with Crippen molar-refractivity contribution in [2.45, 2.75) is 25.3 Å². The molecule has 1 unspecified atom stereocenters. The second-order valence-corrected chi connectivity index (χ2v) is 5.50. The molecule has 0 saturated heterocycles. The molecule has 2 aromatic rings. The number of hydrogen-bond acceptors (Lipinski definition) is 3. The lowest BCUT2D eigenvalue weighted by Gasteiger charge is -2.22. The number of benzene rings is 1. The molecule has 1 aliphatic rings. The van der Waals surface area contributed by atoms with Crippen LogP contribution in [0.5, 0.6) is 0 Å². The summed E-state index contributed by atoms with van der Waals surface area (Å²) in [5, 5.41) is 6.82. The van der Waals surface area contributed by atoms with Crippen molar-refractivity contribution in [3.8, 4) is 0 Å². The average molecular weight is 339 g/mol. The lowest BCUT2D eigenvalue weighted by atomic mass is 10.0. The first-order valence-electron chi connectivity index (χ1n) is 6.29. The lowest BCUT2D eigenvalue weighted by molar-refractivity contribution is -0.120. The molecule has 104 valence electrons. The number of nitrogens with zero attached hydrogens (tertiary/aromatic N) is 3. The molecule has 2 heterocycles. The molecule has 1 aromatic carbocycles. The van der Waals surface area contributed by atoms with Gasteiger partial charge in [0.2, 0.25) is 5.91 Å². The minimum atomic E-state index is -0.409. The van der Waals surface area contributed by atoms with Crippen molar-refractivity contribution in [2.24, 2.45) is 0 Å². The van der Waals surface area contributed by atoms with E-state index in [0.29, 0.717) is 16.6 Å². The van der Waals surface area contributed by atoms with Gasteiger partial charge in [-0.15, -0.1) is 0 Å². The monoisotopic (exact) mass is 338 g/mol. The normalized spacial score (nSPS) is 17.6. The molecule has 3 rings (SSSR count). The number of nitrogens with one attached hydrogen (secondary N) is 1. The van der Waals surface area contributed by atoms with Crippen LogP contribution in [0, 0.1) is 5.82 Å². The quantitative estimate of drug-likeness (QED) is 0.915. The van der Waals surface area contributed by atoms with Gasteiger partial charge in [-0.25, -0.2) is 14.1 Å². The summed E-state index contributed by atoms with van der Waals surface area (Å²) in [6.07, 6.45) is 3.89. The van der Waals surface area contributed by atoms with Crippen LogP contribution in [-0.2, 0) is 11.2 Å². The second-order valence-electron chi connectivity index (χ2n) is 4.65. The highest BCUT2D eigenvalue weighted by molar-refractivity contribution is 9.10. The van der Waals surface area contributed by atoms with Crippen molar-refractivity contribution in [3.05, 3.63) is 40.6 Å². The molecule has 20 heavy (non-hydrogen) atoms. The van der Waals surface area contributed by atoms with Crippen LogP contribution in [0.25, 0.3) is 0 Å². The molecule has 0 bridgehead atoms. The Kier molecular flexibility index (Phi) is 3.52. The number of amides is 1. The predicted molar refractivity (Wildman–Crippen MR) is 74.7 cm³/mol. The number of carbonyl (C=O) groups is 1. The van der Waals surface area contributed by atoms with E-state index in [4.69, 9.17) is 0 Å². The minimum absolute atomic E-state index is 0.196. The molecule has 1 N–H and O–H groups in total. The van der Waals surface area contributed by atoms with E-state index in [1.807, 2.05) is 0 Å². The van der Waals surface area contributed by atoms with Crippen molar-refractivity contribution in [1.82, 2.24) is 14.8 Å². The van der Waals surface area contributed by atoms with Crippen LogP contribution in [-0.4, -0.2) is 20.7 Å². The first kappa shape index (κ1) is 13.2. The van der Waals surface area contributed by atoms with Gasteiger partial charge in [0.15, 0.2) is 0 Å². The van der Waals surface area contributed by atoms with Crippen LogP contribution in [0.1, 0.15) is 24.7 Å². The summed E-state index contributed by atoms with van der Waals surface area (Å²) in [6, 6.07) is 4.11.